The SMILES string of the molecule is Cc1ccc(C(=O)N(Cc2cccc(OCc3ccc4c(c3)OCO4)c2)Cc2ccccn2)cc1. The summed E-state index contributed by atoms with van der Waals surface area (Å²) >= 11 is 0. The first-order valence-corrected chi connectivity index (χ1v) is 11.5. The Bertz CT molecular complexity index is 1310. The molecule has 0 unspecified atom stereocenters. The van der Waals surface area contributed by atoms with E-state index in [-0.39, 0.29) is 12.7 Å². The van der Waals surface area contributed by atoms with Crippen molar-refractivity contribution in [2.24, 2.45) is 0 Å². The van der Waals surface area contributed by atoms with Crippen LogP contribution < -0.4 is 14.2 Å². The molecule has 0 saturated carbocycles. The van der Waals surface area contributed by atoms with Crippen LogP contribution in [0.25, 0.3) is 0 Å². The highest BCUT2D eigenvalue weighted by atomic mass is 16.7. The minimum atomic E-state index is -0.0395. The molecule has 6 nitrogen and oxygen atoms in total. The van der Waals surface area contributed by atoms with Crippen molar-refractivity contribution in [2.45, 2.75) is 26.6 Å². The summed E-state index contributed by atoms with van der Waals surface area (Å²) in [6.45, 7) is 3.51. The average Bonchev–Trinajstić information content (AvgIpc) is 3.36. The van der Waals surface area contributed by atoms with Crippen LogP contribution >= 0.6 is 0 Å². The van der Waals surface area contributed by atoms with E-state index in [0.29, 0.717) is 25.3 Å². The van der Waals surface area contributed by atoms with Crippen LogP contribution in [0.2, 0.25) is 0 Å². The highest BCUT2D eigenvalue weighted by Crippen LogP contribution is 2.32. The van der Waals surface area contributed by atoms with Gasteiger partial charge in [-0.3, -0.25) is 9.78 Å². The Kier molecular flexibility index (Phi) is 6.61. The highest BCUT2D eigenvalue weighted by molar-refractivity contribution is 5.94. The topological polar surface area (TPSA) is 60.9 Å². The molecule has 2 heterocycles. The maximum Gasteiger partial charge on any atom is 0.254 e. The molecular formula is C29H26N2O4. The zero-order valence-electron chi connectivity index (χ0n) is 19.5. The van der Waals surface area contributed by atoms with Gasteiger partial charge in [-0.05, 0) is 66.6 Å². The van der Waals surface area contributed by atoms with Crippen LogP contribution in [-0.4, -0.2) is 22.6 Å². The summed E-state index contributed by atoms with van der Waals surface area (Å²) in [6.07, 6.45) is 1.74. The smallest absolute Gasteiger partial charge is 0.254 e. The van der Waals surface area contributed by atoms with Gasteiger partial charge in [-0.15, -0.1) is 0 Å². The Morgan fingerprint density at radius 3 is 2.57 bits per heavy atom. The van der Waals surface area contributed by atoms with Crippen LogP contribution in [0.5, 0.6) is 17.2 Å². The van der Waals surface area contributed by atoms with E-state index in [4.69, 9.17) is 14.2 Å². The largest absolute Gasteiger partial charge is 0.489 e. The van der Waals surface area contributed by atoms with Crippen LogP contribution in [0.4, 0.5) is 0 Å². The number of aromatic nitrogens is 1. The minimum Gasteiger partial charge on any atom is -0.489 e. The first kappa shape index (κ1) is 22.5. The monoisotopic (exact) mass is 466 g/mol. The number of hydrogen-bond acceptors (Lipinski definition) is 5. The zero-order valence-corrected chi connectivity index (χ0v) is 19.5. The van der Waals surface area contributed by atoms with Crippen molar-refractivity contribution in [3.63, 3.8) is 0 Å². The fourth-order valence-electron chi connectivity index (χ4n) is 3.92. The van der Waals surface area contributed by atoms with Gasteiger partial charge >= 0.3 is 0 Å². The normalized spacial score (nSPS) is 11.8. The Morgan fingerprint density at radius 1 is 0.886 bits per heavy atom. The van der Waals surface area contributed by atoms with Gasteiger partial charge < -0.3 is 19.1 Å². The van der Waals surface area contributed by atoms with Gasteiger partial charge in [0, 0.05) is 18.3 Å². The summed E-state index contributed by atoms with van der Waals surface area (Å²) in [6, 6.07) is 27.0. The fraction of sp³-hybridized carbons (Fsp3) is 0.172. The number of ether oxygens (including phenoxy) is 3. The van der Waals surface area contributed by atoms with Crippen LogP contribution in [0, 0.1) is 6.92 Å². The van der Waals surface area contributed by atoms with Gasteiger partial charge in [-0.1, -0.05) is 42.0 Å². The maximum absolute atomic E-state index is 13.4. The van der Waals surface area contributed by atoms with Crippen molar-refractivity contribution < 1.29 is 19.0 Å². The molecule has 6 heteroatoms. The molecule has 1 aliphatic heterocycles. The molecule has 0 radical (unpaired) electrons. The third-order valence-corrected chi connectivity index (χ3v) is 5.78. The second-order valence-electron chi connectivity index (χ2n) is 8.47. The van der Waals surface area contributed by atoms with Crippen LogP contribution in [0.3, 0.4) is 0 Å². The zero-order chi connectivity index (χ0) is 24.0. The molecule has 0 atom stereocenters. The van der Waals surface area contributed by atoms with Crippen molar-refractivity contribution in [2.75, 3.05) is 6.79 Å². The van der Waals surface area contributed by atoms with Gasteiger partial charge in [0.25, 0.3) is 5.91 Å². The molecule has 0 saturated heterocycles. The van der Waals surface area contributed by atoms with E-state index >= 15 is 0 Å². The molecule has 0 spiro atoms. The summed E-state index contributed by atoms with van der Waals surface area (Å²) in [5, 5.41) is 0. The predicted molar refractivity (Wildman–Crippen MR) is 132 cm³/mol. The lowest BCUT2D eigenvalue weighted by molar-refractivity contribution is 0.0727. The lowest BCUT2D eigenvalue weighted by Crippen LogP contribution is -2.30. The van der Waals surface area contributed by atoms with E-state index in [2.05, 4.69) is 4.98 Å². The molecule has 35 heavy (non-hydrogen) atoms. The standard InChI is InChI=1S/C29H26N2O4/c1-21-8-11-24(12-9-21)29(32)31(18-25-6-2-3-14-30-25)17-22-5-4-7-26(15-22)33-19-23-10-13-27-28(16-23)35-20-34-27/h2-16H,17-20H2,1H3. The Labute approximate surface area is 204 Å². The van der Waals surface area contributed by atoms with Crippen LogP contribution in [0.1, 0.15) is 32.7 Å². The van der Waals surface area contributed by atoms with Crippen molar-refractivity contribution in [3.05, 3.63) is 119 Å². The summed E-state index contributed by atoms with van der Waals surface area (Å²) in [7, 11) is 0. The first-order chi connectivity index (χ1) is 17.1. The number of carbonyl (C=O) groups is 1. The number of amides is 1. The Hall–Kier alpha value is -4.32. The third kappa shape index (κ3) is 5.61. The van der Waals surface area contributed by atoms with E-state index in [1.807, 2.05) is 96.8 Å². The molecule has 1 amide bonds. The molecule has 5 rings (SSSR count). The molecule has 1 aliphatic rings. The fourth-order valence-corrected chi connectivity index (χ4v) is 3.92. The van der Waals surface area contributed by atoms with E-state index in [1.165, 1.54) is 0 Å². The lowest BCUT2D eigenvalue weighted by atomic mass is 10.1. The van der Waals surface area contributed by atoms with Crippen LogP contribution in [-0.2, 0) is 19.7 Å². The van der Waals surface area contributed by atoms with E-state index in [0.717, 1.165) is 39.6 Å². The number of benzene rings is 3. The number of hydrogen-bond donors (Lipinski definition) is 0. The maximum atomic E-state index is 13.4. The van der Waals surface area contributed by atoms with E-state index in [1.54, 1.807) is 6.20 Å². The van der Waals surface area contributed by atoms with Gasteiger partial charge in [0.05, 0.1) is 12.2 Å². The number of fused-ring (bicyclic) bond motifs is 1. The van der Waals surface area contributed by atoms with Crippen molar-refractivity contribution in [1.82, 2.24) is 9.88 Å². The van der Waals surface area contributed by atoms with Gasteiger partial charge in [0.15, 0.2) is 11.5 Å². The molecule has 4 aromatic rings. The van der Waals surface area contributed by atoms with Gasteiger partial charge in [0.2, 0.25) is 6.79 Å². The van der Waals surface area contributed by atoms with E-state index in [9.17, 15) is 4.79 Å². The second kappa shape index (κ2) is 10.3. The quantitative estimate of drug-likeness (QED) is 0.341. The highest BCUT2D eigenvalue weighted by Gasteiger charge is 2.18. The molecule has 0 aliphatic carbocycles. The molecule has 3 aromatic carbocycles. The number of rotatable bonds is 8. The molecule has 1 aromatic heterocycles. The van der Waals surface area contributed by atoms with Crippen LogP contribution in [0.15, 0.2) is 91.1 Å². The summed E-state index contributed by atoms with van der Waals surface area (Å²) in [4.78, 5) is 19.6. The first-order valence-electron chi connectivity index (χ1n) is 11.5. The van der Waals surface area contributed by atoms with E-state index < -0.39 is 0 Å². The van der Waals surface area contributed by atoms with Crippen molar-refractivity contribution in [1.29, 1.82) is 0 Å². The van der Waals surface area contributed by atoms with Crippen molar-refractivity contribution in [3.8, 4) is 17.2 Å². The average molecular weight is 467 g/mol. The number of carbonyl (C=O) groups excluding carboxylic acids is 1. The van der Waals surface area contributed by atoms with Gasteiger partial charge in [-0.2, -0.15) is 0 Å². The predicted octanol–water partition coefficient (Wildman–Crippen LogP) is 5.54. The molecule has 0 bridgehead atoms. The Morgan fingerprint density at radius 2 is 1.74 bits per heavy atom. The van der Waals surface area contributed by atoms with Gasteiger partial charge in [-0.25, -0.2) is 0 Å². The molecular weight excluding hydrogens is 440 g/mol. The summed E-state index contributed by atoms with van der Waals surface area (Å²) < 4.78 is 16.9. The minimum absolute atomic E-state index is 0.0395. The number of nitrogens with zero attached hydrogens (tertiary/aromatic N) is 2. The van der Waals surface area contributed by atoms with Crippen molar-refractivity contribution >= 4 is 5.91 Å². The summed E-state index contributed by atoms with van der Waals surface area (Å²) in [5.74, 6) is 2.18. The van der Waals surface area contributed by atoms with Gasteiger partial charge in [0.1, 0.15) is 12.4 Å². The lowest BCUT2D eigenvalue weighted by Gasteiger charge is -2.23. The third-order valence-electron chi connectivity index (χ3n) is 5.78. The second-order valence-corrected chi connectivity index (χ2v) is 8.47. The molecule has 176 valence electrons. The summed E-state index contributed by atoms with van der Waals surface area (Å²) in [5.41, 5.74) is 4.57. The molecule has 0 N–H and O–H groups in total. The molecule has 0 fully saturated rings. The number of pyridine rings is 1. The Balaban J connectivity index is 1.31. The number of aryl methyl sites for hydroxylation is 1.